The number of amides is 1. The van der Waals surface area contributed by atoms with Gasteiger partial charge in [0.1, 0.15) is 11.6 Å². The first kappa shape index (κ1) is 17.3. The molecular weight excluding hydrogens is 322 g/mol. The SMILES string of the molecule is Cc1noc(C2CN(C(=O)c3cccnc3OC(C)C)CCN2C)n1. The molecule has 1 aliphatic rings. The van der Waals surface area contributed by atoms with E-state index in [9.17, 15) is 4.79 Å². The predicted molar refractivity (Wildman–Crippen MR) is 90.3 cm³/mol. The van der Waals surface area contributed by atoms with Crippen molar-refractivity contribution in [2.24, 2.45) is 0 Å². The van der Waals surface area contributed by atoms with Gasteiger partial charge in [0.05, 0.1) is 6.10 Å². The first-order valence-corrected chi connectivity index (χ1v) is 8.37. The van der Waals surface area contributed by atoms with Crippen LogP contribution >= 0.6 is 0 Å². The molecule has 2 aromatic heterocycles. The van der Waals surface area contributed by atoms with Crippen molar-refractivity contribution in [2.45, 2.75) is 32.9 Å². The Bertz CT molecular complexity index is 745. The lowest BCUT2D eigenvalue weighted by atomic mass is 10.1. The number of aromatic nitrogens is 3. The molecule has 8 nitrogen and oxygen atoms in total. The molecule has 1 fully saturated rings. The minimum atomic E-state index is -0.120. The Kier molecular flexibility index (Phi) is 4.98. The fourth-order valence-electron chi connectivity index (χ4n) is 2.81. The fourth-order valence-corrected chi connectivity index (χ4v) is 2.81. The average Bonchev–Trinajstić information content (AvgIpc) is 3.01. The predicted octanol–water partition coefficient (Wildman–Crippen LogP) is 1.69. The van der Waals surface area contributed by atoms with Crippen molar-refractivity contribution >= 4 is 5.91 Å². The monoisotopic (exact) mass is 345 g/mol. The Hall–Kier alpha value is -2.48. The van der Waals surface area contributed by atoms with Crippen LogP contribution in [0, 0.1) is 6.92 Å². The van der Waals surface area contributed by atoms with Gasteiger partial charge in [-0.15, -0.1) is 0 Å². The molecule has 2 aromatic rings. The molecule has 1 saturated heterocycles. The number of pyridine rings is 1. The third kappa shape index (κ3) is 3.79. The number of carbonyl (C=O) groups is 1. The Morgan fingerprint density at radius 3 is 2.88 bits per heavy atom. The van der Waals surface area contributed by atoms with Crippen LogP contribution in [0.1, 0.15) is 42.0 Å². The second-order valence-electron chi connectivity index (χ2n) is 6.45. The molecule has 1 atom stereocenters. The standard InChI is InChI=1S/C17H23N5O3/c1-11(2)24-15-13(6-5-7-18-15)17(23)22-9-8-21(4)14(10-22)16-19-12(3)20-25-16/h5-7,11,14H,8-10H2,1-4H3. The molecule has 0 N–H and O–H groups in total. The fraction of sp³-hybridized carbons (Fsp3) is 0.529. The van der Waals surface area contributed by atoms with Gasteiger partial charge in [-0.1, -0.05) is 5.16 Å². The van der Waals surface area contributed by atoms with Crippen LogP contribution in [0.3, 0.4) is 0 Å². The molecule has 0 aromatic carbocycles. The number of hydrogen-bond donors (Lipinski definition) is 0. The molecule has 0 bridgehead atoms. The summed E-state index contributed by atoms with van der Waals surface area (Å²) in [5.74, 6) is 1.39. The van der Waals surface area contributed by atoms with Gasteiger partial charge in [-0.3, -0.25) is 9.69 Å². The van der Waals surface area contributed by atoms with E-state index in [1.54, 1.807) is 30.2 Å². The van der Waals surface area contributed by atoms with Gasteiger partial charge in [-0.25, -0.2) is 4.98 Å². The van der Waals surface area contributed by atoms with Crippen molar-refractivity contribution in [3.63, 3.8) is 0 Å². The van der Waals surface area contributed by atoms with Crippen molar-refractivity contribution in [2.75, 3.05) is 26.7 Å². The summed E-state index contributed by atoms with van der Waals surface area (Å²) in [4.78, 5) is 25.4. The Morgan fingerprint density at radius 2 is 2.20 bits per heavy atom. The highest BCUT2D eigenvalue weighted by Crippen LogP contribution is 2.25. The highest BCUT2D eigenvalue weighted by molar-refractivity contribution is 5.96. The van der Waals surface area contributed by atoms with E-state index in [1.807, 2.05) is 20.9 Å². The van der Waals surface area contributed by atoms with E-state index in [0.29, 0.717) is 36.2 Å². The first-order valence-electron chi connectivity index (χ1n) is 8.37. The van der Waals surface area contributed by atoms with Crippen LogP contribution in [-0.4, -0.2) is 63.6 Å². The first-order chi connectivity index (χ1) is 12.0. The molecule has 0 saturated carbocycles. The van der Waals surface area contributed by atoms with E-state index in [1.165, 1.54) is 0 Å². The Morgan fingerprint density at radius 1 is 1.40 bits per heavy atom. The van der Waals surface area contributed by atoms with Gasteiger partial charge in [0.15, 0.2) is 5.82 Å². The van der Waals surface area contributed by atoms with Crippen LogP contribution in [0.25, 0.3) is 0 Å². The molecule has 8 heteroatoms. The lowest BCUT2D eigenvalue weighted by molar-refractivity contribution is 0.0483. The van der Waals surface area contributed by atoms with Gasteiger partial charge in [0, 0.05) is 25.8 Å². The van der Waals surface area contributed by atoms with Crippen LogP contribution < -0.4 is 4.74 Å². The van der Waals surface area contributed by atoms with Gasteiger partial charge in [-0.05, 0) is 40.0 Å². The normalized spacial score (nSPS) is 18.6. The van der Waals surface area contributed by atoms with Crippen molar-refractivity contribution < 1.29 is 14.1 Å². The lowest BCUT2D eigenvalue weighted by Gasteiger charge is -2.37. The smallest absolute Gasteiger partial charge is 0.259 e. The van der Waals surface area contributed by atoms with Crippen molar-refractivity contribution in [3.05, 3.63) is 35.6 Å². The quantitative estimate of drug-likeness (QED) is 0.833. The second-order valence-corrected chi connectivity index (χ2v) is 6.45. The van der Waals surface area contributed by atoms with Crippen LogP contribution in [0.5, 0.6) is 5.88 Å². The number of carbonyl (C=O) groups excluding carboxylic acids is 1. The van der Waals surface area contributed by atoms with E-state index in [2.05, 4.69) is 20.0 Å². The molecular formula is C17H23N5O3. The zero-order valence-corrected chi connectivity index (χ0v) is 15.0. The summed E-state index contributed by atoms with van der Waals surface area (Å²) in [6, 6.07) is 3.37. The number of hydrogen-bond acceptors (Lipinski definition) is 7. The summed E-state index contributed by atoms with van der Waals surface area (Å²) in [5, 5.41) is 3.85. The number of piperazine rings is 1. The average molecular weight is 345 g/mol. The summed E-state index contributed by atoms with van der Waals surface area (Å²) >= 11 is 0. The summed E-state index contributed by atoms with van der Waals surface area (Å²) in [7, 11) is 1.99. The highest BCUT2D eigenvalue weighted by Gasteiger charge is 2.33. The molecule has 1 amide bonds. The summed E-state index contributed by atoms with van der Waals surface area (Å²) in [5.41, 5.74) is 0.473. The van der Waals surface area contributed by atoms with E-state index < -0.39 is 0 Å². The minimum absolute atomic E-state index is 0.0527. The molecule has 0 spiro atoms. The van der Waals surface area contributed by atoms with Crippen LogP contribution in [0.15, 0.2) is 22.9 Å². The van der Waals surface area contributed by atoms with Gasteiger partial charge >= 0.3 is 0 Å². The third-order valence-corrected chi connectivity index (χ3v) is 4.11. The maximum absolute atomic E-state index is 13.0. The number of ether oxygens (including phenoxy) is 1. The number of nitrogens with zero attached hydrogens (tertiary/aromatic N) is 5. The summed E-state index contributed by atoms with van der Waals surface area (Å²) in [6.07, 6.45) is 1.57. The molecule has 25 heavy (non-hydrogen) atoms. The Labute approximate surface area is 146 Å². The largest absolute Gasteiger partial charge is 0.474 e. The van der Waals surface area contributed by atoms with Crippen LogP contribution in [0.4, 0.5) is 0 Å². The van der Waals surface area contributed by atoms with Crippen molar-refractivity contribution in [1.29, 1.82) is 0 Å². The third-order valence-electron chi connectivity index (χ3n) is 4.11. The van der Waals surface area contributed by atoms with E-state index >= 15 is 0 Å². The Balaban J connectivity index is 1.81. The zero-order valence-electron chi connectivity index (χ0n) is 15.0. The van der Waals surface area contributed by atoms with Crippen LogP contribution in [-0.2, 0) is 0 Å². The van der Waals surface area contributed by atoms with Crippen LogP contribution in [0.2, 0.25) is 0 Å². The molecule has 134 valence electrons. The maximum Gasteiger partial charge on any atom is 0.259 e. The van der Waals surface area contributed by atoms with E-state index in [4.69, 9.17) is 9.26 Å². The second kappa shape index (κ2) is 7.18. The lowest BCUT2D eigenvalue weighted by Crippen LogP contribution is -2.49. The van der Waals surface area contributed by atoms with E-state index in [-0.39, 0.29) is 18.1 Å². The molecule has 3 heterocycles. The van der Waals surface area contributed by atoms with Crippen molar-refractivity contribution in [1.82, 2.24) is 24.9 Å². The summed E-state index contributed by atoms with van der Waals surface area (Å²) < 4.78 is 11.0. The molecule has 1 unspecified atom stereocenters. The van der Waals surface area contributed by atoms with Crippen molar-refractivity contribution in [3.8, 4) is 5.88 Å². The van der Waals surface area contributed by atoms with Gasteiger partial charge in [0.25, 0.3) is 5.91 Å². The number of aryl methyl sites for hydroxylation is 1. The van der Waals surface area contributed by atoms with E-state index in [0.717, 1.165) is 6.54 Å². The minimum Gasteiger partial charge on any atom is -0.474 e. The number of rotatable bonds is 4. The van der Waals surface area contributed by atoms with Gasteiger partial charge < -0.3 is 14.2 Å². The molecule has 0 radical (unpaired) electrons. The molecule has 0 aliphatic carbocycles. The summed E-state index contributed by atoms with van der Waals surface area (Å²) in [6.45, 7) is 7.42. The zero-order chi connectivity index (χ0) is 18.0. The molecule has 3 rings (SSSR count). The van der Waals surface area contributed by atoms with Gasteiger partial charge in [0.2, 0.25) is 11.8 Å². The van der Waals surface area contributed by atoms with Gasteiger partial charge in [-0.2, -0.15) is 4.98 Å². The molecule has 1 aliphatic heterocycles. The highest BCUT2D eigenvalue weighted by atomic mass is 16.5. The maximum atomic E-state index is 13.0. The topological polar surface area (TPSA) is 84.6 Å². The number of likely N-dealkylation sites (N-methyl/N-ethyl adjacent to an activating group) is 1.